The Hall–Kier alpha value is -2.35. The number of H-pyrrole nitrogens is 1. The number of aromatic amines is 1. The highest BCUT2D eigenvalue weighted by Gasteiger charge is 2.61. The lowest BCUT2D eigenvalue weighted by molar-refractivity contribution is -0.212. The first-order valence-electron chi connectivity index (χ1n) is 7.23. The van der Waals surface area contributed by atoms with E-state index in [-0.39, 0.29) is 18.5 Å². The summed E-state index contributed by atoms with van der Waals surface area (Å²) in [5.41, 5.74) is -1.32. The summed E-state index contributed by atoms with van der Waals surface area (Å²) in [5, 5.41) is 18.6. The molecule has 1 aromatic carbocycles. The molecule has 0 radical (unpaired) electrons. The maximum atomic E-state index is 14.0. The number of hydrogen-bond donors (Lipinski definition) is 3. The standard InChI is InChI=1S/C15H16F2N4O2/c1-9-18-12(21-20-9)10-3-5-11(6-4-10)19-13(22)15(16,17)14(23)7-2-8-14/h3-6,23H,2,7-8H2,1H3,(H,19,22)(H,18,20,21). The van der Waals surface area contributed by atoms with E-state index in [2.05, 4.69) is 20.5 Å². The number of carbonyl (C=O) groups excluding carboxylic acids is 1. The molecule has 3 rings (SSSR count). The number of hydrogen-bond acceptors (Lipinski definition) is 4. The van der Waals surface area contributed by atoms with E-state index in [1.54, 1.807) is 19.1 Å². The molecule has 0 aliphatic heterocycles. The summed E-state index contributed by atoms with van der Waals surface area (Å²) in [6.45, 7) is 1.76. The Morgan fingerprint density at radius 3 is 2.48 bits per heavy atom. The van der Waals surface area contributed by atoms with Crippen LogP contribution in [0.1, 0.15) is 25.1 Å². The fraction of sp³-hybridized carbons (Fsp3) is 0.400. The summed E-state index contributed by atoms with van der Waals surface area (Å²) in [5.74, 6) is -4.17. The van der Waals surface area contributed by atoms with Gasteiger partial charge in [0.25, 0.3) is 5.91 Å². The van der Waals surface area contributed by atoms with Crippen molar-refractivity contribution >= 4 is 11.6 Å². The third-order valence-corrected chi connectivity index (χ3v) is 4.05. The molecule has 122 valence electrons. The van der Waals surface area contributed by atoms with Gasteiger partial charge in [-0.15, -0.1) is 0 Å². The van der Waals surface area contributed by atoms with Gasteiger partial charge in [-0.25, -0.2) is 4.98 Å². The number of aromatic nitrogens is 3. The van der Waals surface area contributed by atoms with Gasteiger partial charge in [-0.1, -0.05) is 0 Å². The van der Waals surface area contributed by atoms with Crippen molar-refractivity contribution in [3.63, 3.8) is 0 Å². The van der Waals surface area contributed by atoms with Crippen LogP contribution in [-0.2, 0) is 4.79 Å². The fourth-order valence-corrected chi connectivity index (χ4v) is 2.42. The lowest BCUT2D eigenvalue weighted by atomic mass is 9.75. The molecule has 1 saturated carbocycles. The van der Waals surface area contributed by atoms with E-state index in [1.165, 1.54) is 12.1 Å². The van der Waals surface area contributed by atoms with Crippen molar-refractivity contribution in [1.29, 1.82) is 0 Å². The summed E-state index contributed by atoms with van der Waals surface area (Å²) in [6.07, 6.45) is 0.344. The van der Waals surface area contributed by atoms with Crippen molar-refractivity contribution in [2.75, 3.05) is 5.32 Å². The number of rotatable bonds is 4. The van der Waals surface area contributed by atoms with Crippen LogP contribution in [-0.4, -0.2) is 37.7 Å². The number of nitrogens with one attached hydrogen (secondary N) is 2. The quantitative estimate of drug-likeness (QED) is 0.805. The van der Waals surface area contributed by atoms with E-state index in [0.717, 1.165) is 0 Å². The first-order valence-corrected chi connectivity index (χ1v) is 7.23. The second-order valence-electron chi connectivity index (χ2n) is 5.74. The van der Waals surface area contributed by atoms with Crippen LogP contribution in [0.2, 0.25) is 0 Å². The minimum atomic E-state index is -3.81. The van der Waals surface area contributed by atoms with Crippen molar-refractivity contribution in [2.24, 2.45) is 0 Å². The molecule has 1 heterocycles. The number of benzene rings is 1. The number of alkyl halides is 2. The van der Waals surface area contributed by atoms with E-state index in [9.17, 15) is 18.7 Å². The summed E-state index contributed by atoms with van der Waals surface area (Å²) in [7, 11) is 0. The first kappa shape index (κ1) is 15.5. The van der Waals surface area contributed by atoms with Gasteiger partial charge in [0.05, 0.1) is 0 Å². The molecule has 1 aromatic heterocycles. The van der Waals surface area contributed by atoms with E-state index < -0.39 is 17.4 Å². The monoisotopic (exact) mass is 322 g/mol. The van der Waals surface area contributed by atoms with Crippen LogP contribution in [0, 0.1) is 6.92 Å². The van der Waals surface area contributed by atoms with Crippen LogP contribution in [0.3, 0.4) is 0 Å². The molecule has 1 amide bonds. The van der Waals surface area contributed by atoms with Gasteiger partial charge in [-0.2, -0.15) is 13.9 Å². The normalized spacial score (nSPS) is 16.7. The SMILES string of the molecule is Cc1nc(-c2ccc(NC(=O)C(F)(F)C3(O)CCC3)cc2)n[nH]1. The van der Waals surface area contributed by atoms with Gasteiger partial charge in [-0.3, -0.25) is 9.89 Å². The van der Waals surface area contributed by atoms with Gasteiger partial charge >= 0.3 is 5.92 Å². The van der Waals surface area contributed by atoms with Crippen molar-refractivity contribution in [1.82, 2.24) is 15.2 Å². The molecule has 1 aliphatic carbocycles. The Morgan fingerprint density at radius 1 is 1.35 bits per heavy atom. The van der Waals surface area contributed by atoms with Crippen LogP contribution in [0.4, 0.5) is 14.5 Å². The van der Waals surface area contributed by atoms with Crippen molar-refractivity contribution in [3.8, 4) is 11.4 Å². The van der Waals surface area contributed by atoms with Gasteiger partial charge in [0.1, 0.15) is 11.4 Å². The third kappa shape index (κ3) is 2.70. The largest absolute Gasteiger partial charge is 0.383 e. The molecule has 0 saturated heterocycles. The maximum Gasteiger partial charge on any atom is 0.352 e. The maximum absolute atomic E-state index is 14.0. The molecule has 3 N–H and O–H groups in total. The first-order chi connectivity index (χ1) is 10.8. The van der Waals surface area contributed by atoms with E-state index in [0.29, 0.717) is 23.6 Å². The third-order valence-electron chi connectivity index (χ3n) is 4.05. The predicted octanol–water partition coefficient (Wildman–Crippen LogP) is 2.27. The predicted molar refractivity (Wildman–Crippen MR) is 78.9 cm³/mol. The van der Waals surface area contributed by atoms with Gasteiger partial charge in [-0.05, 0) is 50.5 Å². The van der Waals surface area contributed by atoms with Gasteiger partial charge in [0.15, 0.2) is 5.82 Å². The van der Waals surface area contributed by atoms with E-state index >= 15 is 0 Å². The number of nitrogens with zero attached hydrogens (tertiary/aromatic N) is 2. The molecular formula is C15H16F2N4O2. The summed E-state index contributed by atoms with van der Waals surface area (Å²) in [6, 6.07) is 6.21. The average Bonchev–Trinajstić information content (AvgIpc) is 2.92. The highest BCUT2D eigenvalue weighted by atomic mass is 19.3. The summed E-state index contributed by atoms with van der Waals surface area (Å²) in [4.78, 5) is 15.9. The lowest BCUT2D eigenvalue weighted by Gasteiger charge is -2.41. The van der Waals surface area contributed by atoms with Crippen LogP contribution < -0.4 is 5.32 Å². The number of carbonyl (C=O) groups is 1. The van der Waals surface area contributed by atoms with E-state index in [1.807, 2.05) is 0 Å². The number of anilines is 1. The zero-order valence-electron chi connectivity index (χ0n) is 12.4. The summed E-state index contributed by atoms with van der Waals surface area (Å²) >= 11 is 0. The zero-order chi connectivity index (χ0) is 16.7. The minimum absolute atomic E-state index is 0.0729. The second kappa shape index (κ2) is 5.38. The topological polar surface area (TPSA) is 90.9 Å². The number of aliphatic hydroxyl groups is 1. The van der Waals surface area contributed by atoms with Crippen molar-refractivity contribution in [3.05, 3.63) is 30.1 Å². The lowest BCUT2D eigenvalue weighted by Crippen LogP contribution is -2.59. The number of halogens is 2. The Balaban J connectivity index is 1.72. The molecule has 1 fully saturated rings. The molecule has 1 aliphatic rings. The molecule has 0 bridgehead atoms. The van der Waals surface area contributed by atoms with Gasteiger partial charge < -0.3 is 10.4 Å². The van der Waals surface area contributed by atoms with Crippen LogP contribution in [0.25, 0.3) is 11.4 Å². The molecule has 8 heteroatoms. The smallest absolute Gasteiger partial charge is 0.352 e. The average molecular weight is 322 g/mol. The Morgan fingerprint density at radius 2 is 2.00 bits per heavy atom. The molecule has 0 unspecified atom stereocenters. The molecule has 2 aromatic rings. The molecular weight excluding hydrogens is 306 g/mol. The highest BCUT2D eigenvalue weighted by Crippen LogP contribution is 2.44. The minimum Gasteiger partial charge on any atom is -0.383 e. The fourth-order valence-electron chi connectivity index (χ4n) is 2.42. The Labute approximate surface area is 130 Å². The van der Waals surface area contributed by atoms with Gasteiger partial charge in [0, 0.05) is 11.3 Å². The number of aryl methyl sites for hydroxylation is 1. The molecule has 6 nitrogen and oxygen atoms in total. The van der Waals surface area contributed by atoms with Gasteiger partial charge in [0.2, 0.25) is 0 Å². The Bertz CT molecular complexity index is 723. The highest BCUT2D eigenvalue weighted by molar-refractivity contribution is 5.97. The van der Waals surface area contributed by atoms with Crippen LogP contribution in [0.15, 0.2) is 24.3 Å². The van der Waals surface area contributed by atoms with Crippen molar-refractivity contribution < 1.29 is 18.7 Å². The molecule has 0 spiro atoms. The second-order valence-corrected chi connectivity index (χ2v) is 5.74. The van der Waals surface area contributed by atoms with E-state index in [4.69, 9.17) is 0 Å². The zero-order valence-corrected chi connectivity index (χ0v) is 12.4. The van der Waals surface area contributed by atoms with Crippen LogP contribution >= 0.6 is 0 Å². The molecule has 23 heavy (non-hydrogen) atoms. The summed E-state index contributed by atoms with van der Waals surface area (Å²) < 4.78 is 28.0. The molecule has 0 atom stereocenters. The number of amides is 1. The van der Waals surface area contributed by atoms with Crippen molar-refractivity contribution in [2.45, 2.75) is 37.7 Å². The Kier molecular flexibility index (Phi) is 3.63. The van der Waals surface area contributed by atoms with Crippen LogP contribution in [0.5, 0.6) is 0 Å².